The van der Waals surface area contributed by atoms with Crippen LogP contribution in [-0.4, -0.2) is 32.6 Å². The Morgan fingerprint density at radius 3 is 2.50 bits per heavy atom. The molecule has 4 aromatic rings. The second-order valence-corrected chi connectivity index (χ2v) is 8.73. The normalized spacial score (nSPS) is 11.4. The quantitative estimate of drug-likeness (QED) is 0.193. The molecule has 0 spiro atoms. The van der Waals surface area contributed by atoms with E-state index in [4.69, 9.17) is 11.6 Å². The van der Waals surface area contributed by atoms with Crippen molar-refractivity contribution in [1.29, 1.82) is 0 Å². The van der Waals surface area contributed by atoms with Gasteiger partial charge in [0.05, 0.1) is 5.75 Å². The van der Waals surface area contributed by atoms with Gasteiger partial charge in [0.25, 0.3) is 5.91 Å². The van der Waals surface area contributed by atoms with Crippen LogP contribution < -0.4 is 5.43 Å². The maximum Gasteiger partial charge on any atom is 0.250 e. The summed E-state index contributed by atoms with van der Waals surface area (Å²) in [7, 11) is 0. The summed E-state index contributed by atoms with van der Waals surface area (Å²) in [4.78, 5) is 12.3. The van der Waals surface area contributed by atoms with E-state index in [1.54, 1.807) is 12.3 Å². The van der Waals surface area contributed by atoms with Gasteiger partial charge in [-0.1, -0.05) is 77.5 Å². The maximum absolute atomic E-state index is 12.3. The number of allylic oxidation sites excluding steroid dienone is 1. The zero-order chi connectivity index (χ0) is 23.8. The molecule has 170 valence electrons. The summed E-state index contributed by atoms with van der Waals surface area (Å²) >= 11 is 7.34. The fraction of sp³-hybridized carbons (Fsp3) is 0.0769. The third-order valence-electron chi connectivity index (χ3n) is 4.80. The van der Waals surface area contributed by atoms with Gasteiger partial charge < -0.3 is 0 Å². The van der Waals surface area contributed by atoms with E-state index in [1.165, 1.54) is 11.8 Å². The van der Waals surface area contributed by atoms with E-state index in [0.29, 0.717) is 16.0 Å². The number of nitrogens with zero attached hydrogens (tertiary/aromatic N) is 4. The van der Waals surface area contributed by atoms with E-state index in [0.717, 1.165) is 22.4 Å². The first-order valence-corrected chi connectivity index (χ1v) is 11.9. The molecule has 1 N–H and O–H groups in total. The maximum atomic E-state index is 12.3. The van der Waals surface area contributed by atoms with Crippen molar-refractivity contribution in [2.75, 3.05) is 5.75 Å². The summed E-state index contributed by atoms with van der Waals surface area (Å²) < 4.78 is 1.94. The number of thioether (sulfide) groups is 1. The van der Waals surface area contributed by atoms with E-state index < -0.39 is 0 Å². The molecule has 34 heavy (non-hydrogen) atoms. The number of hydrogen-bond acceptors (Lipinski definition) is 5. The van der Waals surface area contributed by atoms with E-state index in [1.807, 2.05) is 96.4 Å². The van der Waals surface area contributed by atoms with Gasteiger partial charge in [0, 0.05) is 22.5 Å². The SMILES string of the molecule is Cc1ccc(-n2c(SCC(=O)N/N=C/C=C/c3ccccc3)nnc2-c2ccc(Cl)cc2)cc1. The van der Waals surface area contributed by atoms with Crippen molar-refractivity contribution in [1.82, 2.24) is 20.2 Å². The Balaban J connectivity index is 1.45. The molecule has 1 amide bonds. The smallest absolute Gasteiger partial charge is 0.250 e. The standard InChI is InChI=1S/C26H22ClN5OS/c1-19-9-15-23(16-10-19)32-25(21-11-13-22(27)14-12-21)30-31-26(32)34-18-24(33)29-28-17-5-8-20-6-3-2-4-7-20/h2-17H,18H2,1H3,(H,29,33)/b8-5+,28-17+. The molecule has 1 aromatic heterocycles. The number of hydrazone groups is 1. The van der Waals surface area contributed by atoms with Gasteiger partial charge in [-0.25, -0.2) is 5.43 Å². The average molecular weight is 488 g/mol. The lowest BCUT2D eigenvalue weighted by atomic mass is 10.2. The highest BCUT2D eigenvalue weighted by Gasteiger charge is 2.17. The highest BCUT2D eigenvalue weighted by atomic mass is 35.5. The van der Waals surface area contributed by atoms with Gasteiger partial charge in [-0.2, -0.15) is 5.10 Å². The lowest BCUT2D eigenvalue weighted by Crippen LogP contribution is -2.19. The van der Waals surface area contributed by atoms with Crippen molar-refractivity contribution in [2.24, 2.45) is 5.10 Å². The highest BCUT2D eigenvalue weighted by Crippen LogP contribution is 2.28. The minimum absolute atomic E-state index is 0.143. The summed E-state index contributed by atoms with van der Waals surface area (Å²) in [5.74, 6) is 0.582. The Bertz CT molecular complexity index is 1300. The van der Waals surface area contributed by atoms with Crippen molar-refractivity contribution in [2.45, 2.75) is 12.1 Å². The third kappa shape index (κ3) is 6.21. The Labute approximate surface area is 207 Å². The van der Waals surface area contributed by atoms with Crippen LogP contribution in [-0.2, 0) is 4.79 Å². The van der Waals surface area contributed by atoms with Crippen LogP contribution in [0.1, 0.15) is 11.1 Å². The van der Waals surface area contributed by atoms with Crippen LogP contribution in [0.5, 0.6) is 0 Å². The molecule has 8 heteroatoms. The molecule has 3 aromatic carbocycles. The molecule has 0 fully saturated rings. The molecule has 0 bridgehead atoms. The molecular formula is C26H22ClN5OS. The first kappa shape index (κ1) is 23.5. The first-order valence-electron chi connectivity index (χ1n) is 10.5. The summed E-state index contributed by atoms with van der Waals surface area (Å²) in [5.41, 5.74) is 6.53. The fourth-order valence-electron chi connectivity index (χ4n) is 3.11. The number of carbonyl (C=O) groups excluding carboxylic acids is 1. The van der Waals surface area contributed by atoms with Crippen LogP contribution in [0.4, 0.5) is 0 Å². The summed E-state index contributed by atoms with van der Waals surface area (Å²) in [6, 6.07) is 25.4. The number of carbonyl (C=O) groups is 1. The van der Waals surface area contributed by atoms with Gasteiger partial charge in [-0.3, -0.25) is 9.36 Å². The number of halogens is 1. The Morgan fingerprint density at radius 1 is 1.03 bits per heavy atom. The molecular weight excluding hydrogens is 466 g/mol. The van der Waals surface area contributed by atoms with Crippen LogP contribution in [0, 0.1) is 6.92 Å². The van der Waals surface area contributed by atoms with E-state index in [-0.39, 0.29) is 11.7 Å². The van der Waals surface area contributed by atoms with Crippen molar-refractivity contribution < 1.29 is 4.79 Å². The van der Waals surface area contributed by atoms with Gasteiger partial charge in [0.2, 0.25) is 0 Å². The third-order valence-corrected chi connectivity index (χ3v) is 5.98. The number of hydrogen-bond donors (Lipinski definition) is 1. The number of nitrogens with one attached hydrogen (secondary N) is 1. The molecule has 0 saturated carbocycles. The molecule has 1 heterocycles. The highest BCUT2D eigenvalue weighted by molar-refractivity contribution is 7.99. The minimum Gasteiger partial charge on any atom is -0.272 e. The molecule has 6 nitrogen and oxygen atoms in total. The Hall–Kier alpha value is -3.68. The lowest BCUT2D eigenvalue weighted by molar-refractivity contribution is -0.118. The first-order chi connectivity index (χ1) is 16.6. The molecule has 0 aliphatic heterocycles. The minimum atomic E-state index is -0.235. The second-order valence-electron chi connectivity index (χ2n) is 7.36. The lowest BCUT2D eigenvalue weighted by Gasteiger charge is -2.10. The van der Waals surface area contributed by atoms with Gasteiger partial charge >= 0.3 is 0 Å². The van der Waals surface area contributed by atoms with Gasteiger partial charge in [-0.15, -0.1) is 10.2 Å². The van der Waals surface area contributed by atoms with Crippen LogP contribution >= 0.6 is 23.4 Å². The van der Waals surface area contributed by atoms with E-state index in [2.05, 4.69) is 20.7 Å². The monoisotopic (exact) mass is 487 g/mol. The Morgan fingerprint density at radius 2 is 1.76 bits per heavy atom. The summed E-state index contributed by atoms with van der Waals surface area (Å²) in [6.45, 7) is 2.03. The number of aromatic nitrogens is 3. The van der Waals surface area contributed by atoms with Crippen molar-refractivity contribution in [3.05, 3.63) is 101 Å². The van der Waals surface area contributed by atoms with Crippen molar-refractivity contribution in [3.63, 3.8) is 0 Å². The zero-order valence-corrected chi connectivity index (χ0v) is 20.0. The van der Waals surface area contributed by atoms with Crippen LogP contribution in [0.25, 0.3) is 23.2 Å². The van der Waals surface area contributed by atoms with Crippen LogP contribution in [0.3, 0.4) is 0 Å². The molecule has 0 radical (unpaired) electrons. The predicted molar refractivity (Wildman–Crippen MR) is 139 cm³/mol. The molecule has 0 unspecified atom stereocenters. The number of rotatable bonds is 8. The predicted octanol–water partition coefficient (Wildman–Crippen LogP) is 5.80. The molecule has 0 aliphatic rings. The van der Waals surface area contributed by atoms with Crippen LogP contribution in [0.2, 0.25) is 5.02 Å². The van der Waals surface area contributed by atoms with Crippen molar-refractivity contribution >= 4 is 41.6 Å². The molecule has 0 saturated heterocycles. The van der Waals surface area contributed by atoms with E-state index in [9.17, 15) is 4.79 Å². The number of benzene rings is 3. The van der Waals surface area contributed by atoms with E-state index >= 15 is 0 Å². The van der Waals surface area contributed by atoms with Crippen LogP contribution in [0.15, 0.2) is 95.2 Å². The van der Waals surface area contributed by atoms with Gasteiger partial charge in [0.15, 0.2) is 11.0 Å². The molecule has 0 atom stereocenters. The molecule has 4 rings (SSSR count). The number of aryl methyl sites for hydroxylation is 1. The summed E-state index contributed by atoms with van der Waals surface area (Å²) in [6.07, 6.45) is 5.23. The zero-order valence-electron chi connectivity index (χ0n) is 18.4. The largest absolute Gasteiger partial charge is 0.272 e. The summed E-state index contributed by atoms with van der Waals surface area (Å²) in [5, 5.41) is 14.0. The van der Waals surface area contributed by atoms with Gasteiger partial charge in [0.1, 0.15) is 0 Å². The van der Waals surface area contributed by atoms with Crippen molar-refractivity contribution in [3.8, 4) is 17.1 Å². The Kier molecular flexibility index (Phi) is 7.91. The number of amides is 1. The fourth-order valence-corrected chi connectivity index (χ4v) is 3.98. The molecule has 0 aliphatic carbocycles. The second kappa shape index (κ2) is 11.4. The van der Waals surface area contributed by atoms with Gasteiger partial charge in [-0.05, 0) is 55.0 Å². The topological polar surface area (TPSA) is 72.2 Å². The average Bonchev–Trinajstić information content (AvgIpc) is 3.28.